The first-order valence-electron chi connectivity index (χ1n) is 6.66. The van der Waals surface area contributed by atoms with Gasteiger partial charge in [0.05, 0.1) is 14.8 Å². The number of nitro groups is 1. The van der Waals surface area contributed by atoms with Crippen LogP contribution in [-0.4, -0.2) is 23.4 Å². The highest BCUT2D eigenvalue weighted by Gasteiger charge is 2.33. The number of amides is 1. The quantitative estimate of drug-likeness (QED) is 0.455. The van der Waals surface area contributed by atoms with E-state index in [9.17, 15) is 32.9 Å². The summed E-state index contributed by atoms with van der Waals surface area (Å²) in [6.45, 7) is -0.785. The molecule has 0 fully saturated rings. The van der Waals surface area contributed by atoms with Crippen molar-refractivity contribution in [1.29, 1.82) is 0 Å². The second-order valence-corrected chi connectivity index (χ2v) is 6.43. The van der Waals surface area contributed by atoms with Crippen molar-refractivity contribution in [2.45, 2.75) is 6.18 Å². The highest BCUT2D eigenvalue weighted by atomic mass is 35.5. The molecule has 26 heavy (non-hydrogen) atoms. The van der Waals surface area contributed by atoms with Crippen LogP contribution in [0.3, 0.4) is 0 Å². The van der Waals surface area contributed by atoms with Crippen molar-refractivity contribution in [3.05, 3.63) is 55.2 Å². The van der Waals surface area contributed by atoms with E-state index in [1.807, 2.05) is 5.32 Å². The third-order valence-corrected chi connectivity index (χ3v) is 4.12. The van der Waals surface area contributed by atoms with Crippen molar-refractivity contribution >= 4 is 46.2 Å². The number of nitro benzene ring substituents is 1. The van der Waals surface area contributed by atoms with Gasteiger partial charge in [-0.25, -0.2) is 4.79 Å². The summed E-state index contributed by atoms with van der Waals surface area (Å²) in [4.78, 5) is 33.4. The molecule has 1 N–H and O–H groups in total. The lowest BCUT2D eigenvalue weighted by atomic mass is 10.1. The minimum Gasteiger partial charge on any atom is -0.451 e. The maximum Gasteiger partial charge on any atom is 0.416 e. The molecule has 2 aromatic rings. The molecule has 0 bridgehead atoms. The number of hydrogen-bond donors (Lipinski definition) is 1. The molecular weight excluding hydrogens is 401 g/mol. The largest absolute Gasteiger partial charge is 0.451 e. The van der Waals surface area contributed by atoms with Gasteiger partial charge in [-0.05, 0) is 24.3 Å². The van der Waals surface area contributed by atoms with Gasteiger partial charge < -0.3 is 10.1 Å². The molecule has 0 aliphatic heterocycles. The predicted molar refractivity (Wildman–Crippen MR) is 86.3 cm³/mol. The molecule has 1 amide bonds. The van der Waals surface area contributed by atoms with Gasteiger partial charge in [0.25, 0.3) is 11.6 Å². The fraction of sp³-hybridized carbons (Fsp3) is 0.143. The summed E-state index contributed by atoms with van der Waals surface area (Å²) in [6.07, 6.45) is -4.77. The maximum absolute atomic E-state index is 12.6. The number of halogens is 4. The van der Waals surface area contributed by atoms with Gasteiger partial charge in [0.1, 0.15) is 10.6 Å². The Hall–Kier alpha value is -2.66. The smallest absolute Gasteiger partial charge is 0.416 e. The van der Waals surface area contributed by atoms with Gasteiger partial charge in [-0.3, -0.25) is 14.9 Å². The van der Waals surface area contributed by atoms with Crippen LogP contribution in [-0.2, 0) is 15.7 Å². The van der Waals surface area contributed by atoms with Crippen LogP contribution in [0.25, 0.3) is 0 Å². The summed E-state index contributed by atoms with van der Waals surface area (Å²) in [6, 6.07) is 4.47. The van der Waals surface area contributed by atoms with Gasteiger partial charge in [-0.1, -0.05) is 11.6 Å². The Morgan fingerprint density at radius 3 is 2.50 bits per heavy atom. The average Bonchev–Trinajstić information content (AvgIpc) is 2.98. The molecule has 0 saturated carbocycles. The Morgan fingerprint density at radius 2 is 1.96 bits per heavy atom. The molecule has 0 spiro atoms. The van der Waals surface area contributed by atoms with Gasteiger partial charge in [0.2, 0.25) is 0 Å². The normalized spacial score (nSPS) is 11.1. The second kappa shape index (κ2) is 7.70. The molecule has 0 aliphatic rings. The number of alkyl halides is 3. The van der Waals surface area contributed by atoms with E-state index in [1.54, 1.807) is 0 Å². The maximum atomic E-state index is 12.6. The number of anilines is 1. The first kappa shape index (κ1) is 19.7. The van der Waals surface area contributed by atoms with E-state index < -0.39 is 46.5 Å². The minimum atomic E-state index is -4.77. The lowest BCUT2D eigenvalue weighted by Gasteiger charge is -2.10. The SMILES string of the molecule is O=C(COC(=O)c1ccc(Cl)s1)Nc1ccc(C(F)(F)F)cc1[N+](=O)[O-]. The van der Waals surface area contributed by atoms with E-state index >= 15 is 0 Å². The van der Waals surface area contributed by atoms with E-state index in [0.717, 1.165) is 17.4 Å². The standard InChI is InChI=1S/C14H8ClF3N2O5S/c15-11-4-3-10(26-11)13(22)25-6-12(21)19-8-2-1-7(14(16,17)18)5-9(8)20(23)24/h1-5H,6H2,(H,19,21). The van der Waals surface area contributed by atoms with Gasteiger partial charge >= 0.3 is 12.1 Å². The van der Waals surface area contributed by atoms with Gasteiger partial charge in [-0.2, -0.15) is 13.2 Å². The highest BCUT2D eigenvalue weighted by Crippen LogP contribution is 2.34. The van der Waals surface area contributed by atoms with Gasteiger partial charge in [0.15, 0.2) is 6.61 Å². The number of hydrogen-bond acceptors (Lipinski definition) is 6. The fourth-order valence-corrected chi connectivity index (χ4v) is 2.71. The van der Waals surface area contributed by atoms with Crippen molar-refractivity contribution in [2.75, 3.05) is 11.9 Å². The number of esters is 1. The van der Waals surface area contributed by atoms with Crippen LogP contribution in [0.1, 0.15) is 15.2 Å². The lowest BCUT2D eigenvalue weighted by molar-refractivity contribution is -0.384. The van der Waals surface area contributed by atoms with E-state index in [4.69, 9.17) is 16.3 Å². The third-order valence-electron chi connectivity index (χ3n) is 2.90. The number of thiophene rings is 1. The highest BCUT2D eigenvalue weighted by molar-refractivity contribution is 7.17. The van der Waals surface area contributed by atoms with Crippen molar-refractivity contribution in [3.8, 4) is 0 Å². The Labute approximate surface area is 152 Å². The fourth-order valence-electron chi connectivity index (χ4n) is 1.78. The van der Waals surface area contributed by atoms with Crippen LogP contribution in [0.2, 0.25) is 4.34 Å². The number of nitrogens with one attached hydrogen (secondary N) is 1. The molecule has 0 radical (unpaired) electrons. The summed E-state index contributed by atoms with van der Waals surface area (Å²) in [5.41, 5.74) is -2.63. The lowest BCUT2D eigenvalue weighted by Crippen LogP contribution is -2.21. The third kappa shape index (κ3) is 4.92. The predicted octanol–water partition coefficient (Wildman–Crippen LogP) is 4.12. The summed E-state index contributed by atoms with van der Waals surface area (Å²) < 4.78 is 42.9. The van der Waals surface area contributed by atoms with Crippen LogP contribution >= 0.6 is 22.9 Å². The number of rotatable bonds is 5. The molecule has 1 aromatic carbocycles. The summed E-state index contributed by atoms with van der Waals surface area (Å²) in [7, 11) is 0. The zero-order valence-corrected chi connectivity index (χ0v) is 14.1. The Balaban J connectivity index is 2.06. The molecule has 1 heterocycles. The molecule has 0 aliphatic carbocycles. The Morgan fingerprint density at radius 1 is 1.27 bits per heavy atom. The van der Waals surface area contributed by atoms with Gasteiger partial charge in [0, 0.05) is 6.07 Å². The van der Waals surface area contributed by atoms with E-state index in [2.05, 4.69) is 0 Å². The van der Waals surface area contributed by atoms with Crippen molar-refractivity contribution in [3.63, 3.8) is 0 Å². The monoisotopic (exact) mass is 408 g/mol. The molecule has 2 rings (SSSR count). The number of benzene rings is 1. The minimum absolute atomic E-state index is 0.142. The summed E-state index contributed by atoms with van der Waals surface area (Å²) in [5, 5.41) is 13.0. The molecular formula is C14H8ClF3N2O5S. The van der Waals surface area contributed by atoms with Crippen LogP contribution < -0.4 is 5.32 Å². The average molecular weight is 409 g/mol. The van der Waals surface area contributed by atoms with Crippen molar-refractivity contribution in [1.82, 2.24) is 0 Å². The molecule has 0 unspecified atom stereocenters. The zero-order chi connectivity index (χ0) is 19.5. The van der Waals surface area contributed by atoms with Crippen LogP contribution in [0.5, 0.6) is 0 Å². The molecule has 0 saturated heterocycles. The zero-order valence-electron chi connectivity index (χ0n) is 12.5. The Kier molecular flexibility index (Phi) is 5.83. The van der Waals surface area contributed by atoms with Crippen molar-refractivity contribution in [2.24, 2.45) is 0 Å². The Bertz CT molecular complexity index is 869. The number of nitrogens with zero attached hydrogens (tertiary/aromatic N) is 1. The molecule has 1 aromatic heterocycles. The van der Waals surface area contributed by atoms with E-state index in [1.165, 1.54) is 12.1 Å². The number of carbonyl (C=O) groups excluding carboxylic acids is 2. The number of ether oxygens (including phenoxy) is 1. The first-order chi connectivity index (χ1) is 12.1. The second-order valence-electron chi connectivity index (χ2n) is 4.71. The van der Waals surface area contributed by atoms with Crippen LogP contribution in [0.4, 0.5) is 24.5 Å². The molecule has 7 nitrogen and oxygen atoms in total. The van der Waals surface area contributed by atoms with Gasteiger partial charge in [-0.15, -0.1) is 11.3 Å². The van der Waals surface area contributed by atoms with Crippen LogP contribution in [0.15, 0.2) is 30.3 Å². The topological polar surface area (TPSA) is 98.5 Å². The number of carbonyl (C=O) groups is 2. The first-order valence-corrected chi connectivity index (χ1v) is 7.85. The molecule has 12 heteroatoms. The van der Waals surface area contributed by atoms with E-state index in [-0.39, 0.29) is 4.88 Å². The molecule has 0 atom stereocenters. The molecule has 138 valence electrons. The summed E-state index contributed by atoms with van der Waals surface area (Å²) in [5.74, 6) is -1.79. The van der Waals surface area contributed by atoms with Crippen molar-refractivity contribution < 1.29 is 32.4 Å². The van der Waals surface area contributed by atoms with Crippen LogP contribution in [0, 0.1) is 10.1 Å². The summed E-state index contributed by atoms with van der Waals surface area (Å²) >= 11 is 6.58. The van der Waals surface area contributed by atoms with E-state index in [0.29, 0.717) is 16.5 Å².